The summed E-state index contributed by atoms with van der Waals surface area (Å²) in [5.74, 6) is 0.665. The Balaban J connectivity index is 1.67. The summed E-state index contributed by atoms with van der Waals surface area (Å²) in [6, 6.07) is 10.2. The summed E-state index contributed by atoms with van der Waals surface area (Å²) >= 11 is 3.25. The van der Waals surface area contributed by atoms with Gasteiger partial charge in [0, 0.05) is 16.2 Å². The van der Waals surface area contributed by atoms with Crippen LogP contribution < -0.4 is 19.5 Å². The molecule has 0 fully saturated rings. The van der Waals surface area contributed by atoms with Gasteiger partial charge in [0.15, 0.2) is 11.5 Å². The zero-order valence-electron chi connectivity index (χ0n) is 13.9. The van der Waals surface area contributed by atoms with Crippen molar-refractivity contribution in [3.8, 4) is 11.5 Å². The lowest BCUT2D eigenvalue weighted by Crippen LogP contribution is -2.41. The molecule has 2 N–H and O–H groups in total. The number of rotatable bonds is 5. The van der Waals surface area contributed by atoms with Gasteiger partial charge in [-0.1, -0.05) is 15.9 Å². The van der Waals surface area contributed by atoms with Crippen molar-refractivity contribution in [2.24, 2.45) is 0 Å². The van der Waals surface area contributed by atoms with E-state index in [9.17, 15) is 13.2 Å². The summed E-state index contributed by atoms with van der Waals surface area (Å²) in [5.41, 5.74) is 0.494. The number of sulfonamides is 1. The molecule has 1 aliphatic heterocycles. The van der Waals surface area contributed by atoms with Crippen molar-refractivity contribution in [2.75, 3.05) is 18.5 Å². The molecule has 0 bridgehead atoms. The maximum atomic E-state index is 12.4. The second-order valence-corrected chi connectivity index (χ2v) is 8.27. The zero-order chi connectivity index (χ0) is 18.7. The van der Waals surface area contributed by atoms with Crippen LogP contribution in [0.1, 0.15) is 6.92 Å². The quantitative estimate of drug-likeness (QED) is 0.744. The van der Waals surface area contributed by atoms with E-state index in [1.54, 1.807) is 30.3 Å². The van der Waals surface area contributed by atoms with E-state index in [4.69, 9.17) is 9.47 Å². The lowest BCUT2D eigenvalue weighted by atomic mass is 10.2. The van der Waals surface area contributed by atoms with Crippen LogP contribution in [0.25, 0.3) is 0 Å². The van der Waals surface area contributed by atoms with E-state index in [0.717, 1.165) is 4.47 Å². The summed E-state index contributed by atoms with van der Waals surface area (Å²) in [4.78, 5) is 12.4. The summed E-state index contributed by atoms with van der Waals surface area (Å²) in [5, 5.41) is 2.67. The summed E-state index contributed by atoms with van der Waals surface area (Å²) in [6.07, 6.45) is 0. The number of hydrogen-bond donors (Lipinski definition) is 2. The van der Waals surface area contributed by atoms with Gasteiger partial charge in [-0.05, 0) is 43.3 Å². The molecule has 1 amide bonds. The van der Waals surface area contributed by atoms with Crippen LogP contribution in [0.2, 0.25) is 0 Å². The van der Waals surface area contributed by atoms with E-state index < -0.39 is 22.0 Å². The molecule has 138 valence electrons. The Morgan fingerprint density at radius 1 is 1.08 bits per heavy atom. The first kappa shape index (κ1) is 18.7. The number of halogens is 1. The van der Waals surface area contributed by atoms with Gasteiger partial charge in [-0.25, -0.2) is 8.42 Å². The fourth-order valence-corrected chi connectivity index (χ4v) is 3.81. The molecule has 1 heterocycles. The molecule has 0 radical (unpaired) electrons. The molecule has 26 heavy (non-hydrogen) atoms. The highest BCUT2D eigenvalue weighted by Crippen LogP contribution is 2.32. The second-order valence-electron chi connectivity index (χ2n) is 5.64. The Labute approximate surface area is 159 Å². The molecule has 7 nitrogen and oxygen atoms in total. The van der Waals surface area contributed by atoms with E-state index in [1.807, 2.05) is 0 Å². The van der Waals surface area contributed by atoms with Crippen molar-refractivity contribution in [1.29, 1.82) is 0 Å². The molecule has 0 spiro atoms. The van der Waals surface area contributed by atoms with Crippen LogP contribution in [0.4, 0.5) is 5.69 Å². The molecule has 2 aromatic rings. The van der Waals surface area contributed by atoms with Crippen molar-refractivity contribution < 1.29 is 22.7 Å². The van der Waals surface area contributed by atoms with Crippen LogP contribution in [0, 0.1) is 0 Å². The van der Waals surface area contributed by atoms with Gasteiger partial charge in [0.1, 0.15) is 13.2 Å². The Morgan fingerprint density at radius 3 is 2.42 bits per heavy atom. The highest BCUT2D eigenvalue weighted by atomic mass is 79.9. The lowest BCUT2D eigenvalue weighted by Gasteiger charge is -2.19. The van der Waals surface area contributed by atoms with Crippen LogP contribution in [-0.4, -0.2) is 33.6 Å². The average molecular weight is 441 g/mol. The van der Waals surface area contributed by atoms with Gasteiger partial charge < -0.3 is 14.8 Å². The van der Waals surface area contributed by atoms with Crippen molar-refractivity contribution in [2.45, 2.75) is 17.9 Å². The highest BCUT2D eigenvalue weighted by molar-refractivity contribution is 9.10. The third-order valence-corrected chi connectivity index (χ3v) is 5.74. The van der Waals surface area contributed by atoms with E-state index in [0.29, 0.717) is 30.4 Å². The number of benzene rings is 2. The van der Waals surface area contributed by atoms with Gasteiger partial charge in [0.25, 0.3) is 0 Å². The number of amides is 1. The molecule has 0 saturated carbocycles. The molecule has 0 unspecified atom stereocenters. The smallest absolute Gasteiger partial charge is 0.242 e. The fourth-order valence-electron chi connectivity index (χ4n) is 2.34. The number of nitrogens with one attached hydrogen (secondary N) is 2. The van der Waals surface area contributed by atoms with Crippen LogP contribution in [0.5, 0.6) is 11.5 Å². The third kappa shape index (κ3) is 4.35. The summed E-state index contributed by atoms with van der Waals surface area (Å²) in [7, 11) is -3.80. The first-order valence-electron chi connectivity index (χ1n) is 7.83. The number of fused-ring (bicyclic) bond motifs is 1. The molecule has 3 rings (SSSR count). The van der Waals surface area contributed by atoms with Gasteiger partial charge in [0.2, 0.25) is 15.9 Å². The minimum atomic E-state index is -3.80. The molecular formula is C17H17BrN2O5S. The molecule has 0 aromatic heterocycles. The summed E-state index contributed by atoms with van der Waals surface area (Å²) < 4.78 is 38.7. The number of hydrogen-bond acceptors (Lipinski definition) is 5. The Morgan fingerprint density at radius 2 is 1.73 bits per heavy atom. The average Bonchev–Trinajstić information content (AvgIpc) is 2.61. The van der Waals surface area contributed by atoms with E-state index >= 15 is 0 Å². The third-order valence-electron chi connectivity index (χ3n) is 3.66. The Bertz CT molecular complexity index is 915. The number of carbonyl (C=O) groups excluding carboxylic acids is 1. The molecule has 2 aromatic carbocycles. The zero-order valence-corrected chi connectivity index (χ0v) is 16.3. The highest BCUT2D eigenvalue weighted by Gasteiger charge is 2.22. The number of carbonyl (C=O) groups is 1. The molecule has 0 saturated heterocycles. The SMILES string of the molecule is C[C@@H](NS(=O)(=O)c1ccc(Br)cc1)C(=O)Nc1ccc2c(c1)OCCO2. The first-order valence-corrected chi connectivity index (χ1v) is 10.1. The first-order chi connectivity index (χ1) is 12.3. The molecular weight excluding hydrogens is 424 g/mol. The maximum Gasteiger partial charge on any atom is 0.242 e. The van der Waals surface area contributed by atoms with Gasteiger partial charge in [-0.2, -0.15) is 4.72 Å². The predicted octanol–water partition coefficient (Wildman–Crippen LogP) is 2.53. The minimum Gasteiger partial charge on any atom is -0.486 e. The predicted molar refractivity (Wildman–Crippen MR) is 100.0 cm³/mol. The van der Waals surface area contributed by atoms with Gasteiger partial charge in [0.05, 0.1) is 10.9 Å². The van der Waals surface area contributed by atoms with Crippen molar-refractivity contribution in [1.82, 2.24) is 4.72 Å². The van der Waals surface area contributed by atoms with Crippen molar-refractivity contribution in [3.63, 3.8) is 0 Å². The molecule has 0 aliphatic carbocycles. The Kier molecular flexibility index (Phi) is 5.49. The number of ether oxygens (including phenoxy) is 2. The van der Waals surface area contributed by atoms with E-state index in [-0.39, 0.29) is 4.90 Å². The number of anilines is 1. The molecule has 1 aliphatic rings. The second kappa shape index (κ2) is 7.65. The summed E-state index contributed by atoms with van der Waals surface area (Å²) in [6.45, 7) is 2.39. The fraction of sp³-hybridized carbons (Fsp3) is 0.235. The normalized spacial score (nSPS) is 14.5. The van der Waals surface area contributed by atoms with Crippen LogP contribution in [-0.2, 0) is 14.8 Å². The standard InChI is InChI=1S/C17H17BrN2O5S/c1-11(20-26(22,23)14-5-2-12(18)3-6-14)17(21)19-13-4-7-15-16(10-13)25-9-8-24-15/h2-7,10-11,20H,8-9H2,1H3,(H,19,21)/t11-/m1/s1. The van der Waals surface area contributed by atoms with Gasteiger partial charge in [-0.15, -0.1) is 0 Å². The molecule has 9 heteroatoms. The van der Waals surface area contributed by atoms with Crippen molar-refractivity contribution >= 4 is 37.5 Å². The van der Waals surface area contributed by atoms with Gasteiger partial charge >= 0.3 is 0 Å². The Hall–Kier alpha value is -2.10. The van der Waals surface area contributed by atoms with E-state index in [1.165, 1.54) is 19.1 Å². The van der Waals surface area contributed by atoms with Gasteiger partial charge in [-0.3, -0.25) is 4.79 Å². The largest absolute Gasteiger partial charge is 0.486 e. The molecule has 1 atom stereocenters. The van der Waals surface area contributed by atoms with E-state index in [2.05, 4.69) is 26.0 Å². The van der Waals surface area contributed by atoms with Crippen LogP contribution in [0.3, 0.4) is 0 Å². The monoisotopic (exact) mass is 440 g/mol. The van der Waals surface area contributed by atoms with Crippen LogP contribution in [0.15, 0.2) is 51.8 Å². The van der Waals surface area contributed by atoms with Crippen LogP contribution >= 0.6 is 15.9 Å². The lowest BCUT2D eigenvalue weighted by molar-refractivity contribution is -0.117. The minimum absolute atomic E-state index is 0.0830. The maximum absolute atomic E-state index is 12.4. The van der Waals surface area contributed by atoms with Crippen molar-refractivity contribution in [3.05, 3.63) is 46.9 Å². The topological polar surface area (TPSA) is 93.7 Å².